The summed E-state index contributed by atoms with van der Waals surface area (Å²) in [5, 5.41) is 0. The summed E-state index contributed by atoms with van der Waals surface area (Å²) in [5.74, 6) is 2.18. The Bertz CT molecular complexity index is 644. The molecule has 2 N–H and O–H groups in total. The lowest BCUT2D eigenvalue weighted by Gasteiger charge is -2.37. The number of methoxy groups -OCH3 is 1. The van der Waals surface area contributed by atoms with Gasteiger partial charge in [-0.2, -0.15) is 4.98 Å². The fourth-order valence-corrected chi connectivity index (χ4v) is 2.96. The first-order chi connectivity index (χ1) is 10.2. The minimum Gasteiger partial charge on any atom is -0.481 e. The van der Waals surface area contributed by atoms with Crippen LogP contribution in [0.25, 0.3) is 0 Å². The van der Waals surface area contributed by atoms with Crippen LogP contribution in [0.15, 0.2) is 30.3 Å². The summed E-state index contributed by atoms with van der Waals surface area (Å²) in [7, 11) is 1.62. The molecule has 0 saturated carbocycles. The molecule has 1 atom stereocenters. The maximum Gasteiger partial charge on any atom is 0.218 e. The van der Waals surface area contributed by atoms with Crippen LogP contribution in [0.1, 0.15) is 23.0 Å². The SMILES string of the molecule is COc1cc(N2CCc3ccccc3C2CN)nc(C)n1. The van der Waals surface area contributed by atoms with Crippen molar-refractivity contribution in [3.63, 3.8) is 0 Å². The van der Waals surface area contributed by atoms with Gasteiger partial charge in [0.05, 0.1) is 13.2 Å². The average molecular weight is 284 g/mol. The minimum absolute atomic E-state index is 0.147. The van der Waals surface area contributed by atoms with E-state index >= 15 is 0 Å². The van der Waals surface area contributed by atoms with Gasteiger partial charge in [0, 0.05) is 19.2 Å². The maximum atomic E-state index is 6.04. The summed E-state index contributed by atoms with van der Waals surface area (Å²) in [5.41, 5.74) is 8.71. The molecular weight excluding hydrogens is 264 g/mol. The number of anilines is 1. The summed E-state index contributed by atoms with van der Waals surface area (Å²) in [6, 6.07) is 10.5. The van der Waals surface area contributed by atoms with E-state index in [1.807, 2.05) is 13.0 Å². The van der Waals surface area contributed by atoms with Crippen molar-refractivity contribution < 1.29 is 4.74 Å². The Labute approximate surface area is 124 Å². The normalized spacial score (nSPS) is 17.5. The van der Waals surface area contributed by atoms with Gasteiger partial charge in [0.15, 0.2) is 0 Å². The van der Waals surface area contributed by atoms with Crippen molar-refractivity contribution in [1.29, 1.82) is 0 Å². The molecule has 0 radical (unpaired) electrons. The molecule has 1 aliphatic rings. The van der Waals surface area contributed by atoms with Crippen LogP contribution in [0.2, 0.25) is 0 Å². The molecular formula is C16H20N4O. The molecule has 2 heterocycles. The molecule has 21 heavy (non-hydrogen) atoms. The highest BCUT2D eigenvalue weighted by molar-refractivity contribution is 5.49. The van der Waals surface area contributed by atoms with Gasteiger partial charge in [-0.05, 0) is 24.5 Å². The smallest absolute Gasteiger partial charge is 0.218 e. The van der Waals surface area contributed by atoms with Gasteiger partial charge < -0.3 is 15.4 Å². The Kier molecular flexibility index (Phi) is 3.75. The molecule has 5 nitrogen and oxygen atoms in total. The number of aryl methyl sites for hydroxylation is 1. The summed E-state index contributed by atoms with van der Waals surface area (Å²) in [6.45, 7) is 3.34. The van der Waals surface area contributed by atoms with Crippen LogP contribution in [-0.2, 0) is 6.42 Å². The Balaban J connectivity index is 2.01. The van der Waals surface area contributed by atoms with Crippen molar-refractivity contribution in [2.75, 3.05) is 25.1 Å². The molecule has 1 aliphatic heterocycles. The summed E-state index contributed by atoms with van der Waals surface area (Å²) >= 11 is 0. The number of aromatic nitrogens is 2. The molecule has 0 saturated heterocycles. The second-order valence-corrected chi connectivity index (χ2v) is 5.21. The zero-order valence-corrected chi connectivity index (χ0v) is 12.4. The summed E-state index contributed by atoms with van der Waals surface area (Å²) < 4.78 is 5.26. The number of nitrogens with zero attached hydrogens (tertiary/aromatic N) is 3. The lowest BCUT2D eigenvalue weighted by molar-refractivity contribution is 0.395. The van der Waals surface area contributed by atoms with Gasteiger partial charge in [-0.25, -0.2) is 4.98 Å². The number of ether oxygens (including phenoxy) is 1. The van der Waals surface area contributed by atoms with E-state index in [2.05, 4.69) is 39.1 Å². The zero-order chi connectivity index (χ0) is 14.8. The van der Waals surface area contributed by atoms with E-state index in [1.54, 1.807) is 7.11 Å². The van der Waals surface area contributed by atoms with Crippen molar-refractivity contribution in [1.82, 2.24) is 9.97 Å². The molecule has 2 aromatic rings. The second-order valence-electron chi connectivity index (χ2n) is 5.21. The Morgan fingerprint density at radius 3 is 2.90 bits per heavy atom. The number of rotatable bonds is 3. The van der Waals surface area contributed by atoms with E-state index in [1.165, 1.54) is 11.1 Å². The van der Waals surface area contributed by atoms with E-state index in [9.17, 15) is 0 Å². The first-order valence-electron chi connectivity index (χ1n) is 7.17. The third-order valence-electron chi connectivity index (χ3n) is 3.94. The fourth-order valence-electron chi connectivity index (χ4n) is 2.96. The number of benzene rings is 1. The largest absolute Gasteiger partial charge is 0.481 e. The van der Waals surface area contributed by atoms with Crippen molar-refractivity contribution in [3.8, 4) is 5.88 Å². The van der Waals surface area contributed by atoms with Crippen LogP contribution in [0, 0.1) is 6.92 Å². The van der Waals surface area contributed by atoms with Gasteiger partial charge in [-0.3, -0.25) is 0 Å². The van der Waals surface area contributed by atoms with Gasteiger partial charge >= 0.3 is 0 Å². The number of fused-ring (bicyclic) bond motifs is 1. The van der Waals surface area contributed by atoms with E-state index < -0.39 is 0 Å². The van der Waals surface area contributed by atoms with Crippen LogP contribution in [0.4, 0.5) is 5.82 Å². The monoisotopic (exact) mass is 284 g/mol. The Morgan fingerprint density at radius 2 is 2.14 bits per heavy atom. The molecule has 1 unspecified atom stereocenters. The topological polar surface area (TPSA) is 64.3 Å². The highest BCUT2D eigenvalue weighted by Gasteiger charge is 2.27. The van der Waals surface area contributed by atoms with E-state index in [0.717, 1.165) is 18.8 Å². The molecule has 3 rings (SSSR count). The average Bonchev–Trinajstić information content (AvgIpc) is 2.53. The van der Waals surface area contributed by atoms with Gasteiger partial charge in [-0.1, -0.05) is 24.3 Å². The van der Waals surface area contributed by atoms with Crippen molar-refractivity contribution in [2.45, 2.75) is 19.4 Å². The van der Waals surface area contributed by atoms with Gasteiger partial charge in [0.1, 0.15) is 11.6 Å². The van der Waals surface area contributed by atoms with Crippen LogP contribution in [0.3, 0.4) is 0 Å². The minimum atomic E-state index is 0.147. The van der Waals surface area contributed by atoms with E-state index in [4.69, 9.17) is 10.5 Å². The molecule has 5 heteroatoms. The third kappa shape index (κ3) is 2.56. The Morgan fingerprint density at radius 1 is 1.33 bits per heavy atom. The quantitative estimate of drug-likeness (QED) is 0.932. The highest BCUT2D eigenvalue weighted by atomic mass is 16.5. The van der Waals surface area contributed by atoms with E-state index in [0.29, 0.717) is 18.2 Å². The molecule has 0 fully saturated rings. The van der Waals surface area contributed by atoms with Crippen LogP contribution in [-0.4, -0.2) is 30.2 Å². The lowest BCUT2D eigenvalue weighted by Crippen LogP contribution is -2.40. The van der Waals surface area contributed by atoms with Gasteiger partial charge in [0.25, 0.3) is 0 Å². The molecule has 0 aliphatic carbocycles. The number of nitrogens with two attached hydrogens (primary N) is 1. The van der Waals surface area contributed by atoms with Gasteiger partial charge in [0.2, 0.25) is 5.88 Å². The predicted octanol–water partition coefficient (Wildman–Crippen LogP) is 1.86. The van der Waals surface area contributed by atoms with Crippen molar-refractivity contribution in [3.05, 3.63) is 47.3 Å². The molecule has 1 aromatic heterocycles. The predicted molar refractivity (Wildman–Crippen MR) is 82.6 cm³/mol. The molecule has 0 bridgehead atoms. The maximum absolute atomic E-state index is 6.04. The second kappa shape index (κ2) is 5.69. The van der Waals surface area contributed by atoms with Gasteiger partial charge in [-0.15, -0.1) is 0 Å². The highest BCUT2D eigenvalue weighted by Crippen LogP contribution is 2.33. The number of hydrogen-bond acceptors (Lipinski definition) is 5. The first-order valence-corrected chi connectivity index (χ1v) is 7.17. The van der Waals surface area contributed by atoms with E-state index in [-0.39, 0.29) is 6.04 Å². The number of hydrogen-bond donors (Lipinski definition) is 1. The van der Waals surface area contributed by atoms with Crippen LogP contribution < -0.4 is 15.4 Å². The fraction of sp³-hybridized carbons (Fsp3) is 0.375. The molecule has 0 amide bonds. The first kappa shape index (κ1) is 13.8. The van der Waals surface area contributed by atoms with Crippen LogP contribution in [0.5, 0.6) is 5.88 Å². The Hall–Kier alpha value is -2.14. The third-order valence-corrected chi connectivity index (χ3v) is 3.94. The standard InChI is InChI=1S/C16H20N4O/c1-11-18-15(9-16(19-11)21-2)20-8-7-12-5-3-4-6-13(12)14(20)10-17/h3-6,9,14H,7-8,10,17H2,1-2H3. The molecule has 1 aromatic carbocycles. The van der Waals surface area contributed by atoms with Crippen molar-refractivity contribution >= 4 is 5.82 Å². The van der Waals surface area contributed by atoms with Crippen LogP contribution >= 0.6 is 0 Å². The molecule has 0 spiro atoms. The molecule has 110 valence electrons. The summed E-state index contributed by atoms with van der Waals surface area (Å²) in [6.07, 6.45) is 0.998. The lowest BCUT2D eigenvalue weighted by atomic mass is 9.92. The zero-order valence-electron chi connectivity index (χ0n) is 12.4. The summed E-state index contributed by atoms with van der Waals surface area (Å²) in [4.78, 5) is 11.1. The van der Waals surface area contributed by atoms with Crippen molar-refractivity contribution in [2.24, 2.45) is 5.73 Å².